The van der Waals surface area contributed by atoms with E-state index in [1.807, 2.05) is 0 Å². The average Bonchev–Trinajstić information content (AvgIpc) is 2.52. The molecule has 2 rings (SSSR count). The van der Waals surface area contributed by atoms with Crippen molar-refractivity contribution in [1.82, 2.24) is 5.32 Å². The fraction of sp³-hybridized carbons (Fsp3) is 0.462. The summed E-state index contributed by atoms with van der Waals surface area (Å²) in [6.07, 6.45) is -0.162. The molecule has 1 saturated heterocycles. The molecule has 1 aliphatic heterocycles. The maximum absolute atomic E-state index is 12.0. The summed E-state index contributed by atoms with van der Waals surface area (Å²) in [5, 5.41) is 16.3. The van der Waals surface area contributed by atoms with Gasteiger partial charge in [-0.15, -0.1) is 0 Å². The lowest BCUT2D eigenvalue weighted by atomic mass is 10.1. The number of ether oxygens (including phenoxy) is 2. The van der Waals surface area contributed by atoms with Gasteiger partial charge in [-0.2, -0.15) is 0 Å². The fourth-order valence-corrected chi connectivity index (χ4v) is 2.00. The van der Waals surface area contributed by atoms with Gasteiger partial charge in [-0.05, 0) is 12.1 Å². The first kappa shape index (κ1) is 15.2. The number of nitro benzene ring substituents is 1. The SMILES string of the molecule is CNc1cc(C(=O)NCC2COCCO2)ccc1[N+](=O)[O-]. The molecular formula is C13H17N3O5. The number of rotatable bonds is 5. The summed E-state index contributed by atoms with van der Waals surface area (Å²) in [5.74, 6) is -0.310. The van der Waals surface area contributed by atoms with Crippen LogP contribution in [-0.2, 0) is 9.47 Å². The van der Waals surface area contributed by atoms with Crippen molar-refractivity contribution in [2.75, 3.05) is 38.7 Å². The summed E-state index contributed by atoms with van der Waals surface area (Å²) >= 11 is 0. The van der Waals surface area contributed by atoms with Crippen molar-refractivity contribution in [3.63, 3.8) is 0 Å². The third kappa shape index (κ3) is 3.89. The summed E-state index contributed by atoms with van der Waals surface area (Å²) in [6.45, 7) is 1.87. The van der Waals surface area contributed by atoms with Gasteiger partial charge in [-0.25, -0.2) is 0 Å². The number of carbonyl (C=O) groups is 1. The average molecular weight is 295 g/mol. The number of benzene rings is 1. The van der Waals surface area contributed by atoms with Gasteiger partial charge in [-0.1, -0.05) is 0 Å². The minimum Gasteiger partial charge on any atom is -0.383 e. The molecular weight excluding hydrogens is 278 g/mol. The molecule has 1 aromatic carbocycles. The summed E-state index contributed by atoms with van der Waals surface area (Å²) < 4.78 is 10.7. The molecule has 0 radical (unpaired) electrons. The number of nitro groups is 1. The molecule has 1 unspecified atom stereocenters. The van der Waals surface area contributed by atoms with Crippen molar-refractivity contribution < 1.29 is 19.2 Å². The highest BCUT2D eigenvalue weighted by molar-refractivity contribution is 5.95. The topological polar surface area (TPSA) is 103 Å². The van der Waals surface area contributed by atoms with Crippen LogP contribution in [0.5, 0.6) is 0 Å². The molecule has 21 heavy (non-hydrogen) atoms. The Labute approximate surface area is 121 Å². The Bertz CT molecular complexity index is 529. The van der Waals surface area contributed by atoms with Gasteiger partial charge < -0.3 is 20.1 Å². The van der Waals surface area contributed by atoms with Gasteiger partial charge in [0.1, 0.15) is 5.69 Å². The van der Waals surface area contributed by atoms with E-state index < -0.39 is 4.92 Å². The zero-order valence-electron chi connectivity index (χ0n) is 11.6. The molecule has 8 heteroatoms. The van der Waals surface area contributed by atoms with Crippen molar-refractivity contribution in [3.8, 4) is 0 Å². The minimum atomic E-state index is -0.499. The maximum atomic E-state index is 12.0. The molecule has 2 N–H and O–H groups in total. The molecule has 0 saturated carbocycles. The van der Waals surface area contributed by atoms with E-state index in [2.05, 4.69) is 10.6 Å². The second-order valence-corrected chi connectivity index (χ2v) is 4.52. The summed E-state index contributed by atoms with van der Waals surface area (Å²) in [5.41, 5.74) is 0.574. The molecule has 114 valence electrons. The van der Waals surface area contributed by atoms with Crippen LogP contribution in [0.25, 0.3) is 0 Å². The quantitative estimate of drug-likeness (QED) is 0.614. The van der Waals surface area contributed by atoms with Crippen LogP contribution in [0, 0.1) is 10.1 Å². The standard InChI is InChI=1S/C13H17N3O5/c1-14-11-6-9(2-3-12(11)16(18)19)13(17)15-7-10-8-20-4-5-21-10/h2-3,6,10,14H,4-5,7-8H2,1H3,(H,15,17). The number of amides is 1. The van der Waals surface area contributed by atoms with Crippen LogP contribution in [0.3, 0.4) is 0 Å². The Morgan fingerprint density at radius 2 is 2.29 bits per heavy atom. The summed E-state index contributed by atoms with van der Waals surface area (Å²) in [6, 6.07) is 4.18. The zero-order valence-corrected chi connectivity index (χ0v) is 11.6. The summed E-state index contributed by atoms with van der Waals surface area (Å²) in [7, 11) is 1.57. The molecule has 0 aromatic heterocycles. The predicted molar refractivity (Wildman–Crippen MR) is 75.5 cm³/mol. The van der Waals surface area contributed by atoms with Crippen molar-refractivity contribution in [3.05, 3.63) is 33.9 Å². The smallest absolute Gasteiger partial charge is 0.292 e. The van der Waals surface area contributed by atoms with E-state index >= 15 is 0 Å². The van der Waals surface area contributed by atoms with Crippen LogP contribution in [0.1, 0.15) is 10.4 Å². The molecule has 0 aliphatic carbocycles. The van der Waals surface area contributed by atoms with Crippen LogP contribution < -0.4 is 10.6 Å². The van der Waals surface area contributed by atoms with E-state index in [9.17, 15) is 14.9 Å². The number of nitrogens with one attached hydrogen (secondary N) is 2. The lowest BCUT2D eigenvalue weighted by Gasteiger charge is -2.23. The fourth-order valence-electron chi connectivity index (χ4n) is 2.00. The van der Waals surface area contributed by atoms with E-state index in [0.717, 1.165) is 0 Å². The Hall–Kier alpha value is -2.19. The van der Waals surface area contributed by atoms with Crippen LogP contribution in [0.15, 0.2) is 18.2 Å². The highest BCUT2D eigenvalue weighted by Gasteiger charge is 2.18. The second-order valence-electron chi connectivity index (χ2n) is 4.52. The monoisotopic (exact) mass is 295 g/mol. The Morgan fingerprint density at radius 3 is 2.90 bits per heavy atom. The molecule has 0 spiro atoms. The molecule has 1 heterocycles. The van der Waals surface area contributed by atoms with Crippen LogP contribution in [-0.4, -0.2) is 50.3 Å². The third-order valence-electron chi connectivity index (χ3n) is 3.10. The first-order chi connectivity index (χ1) is 10.1. The van der Waals surface area contributed by atoms with E-state index in [-0.39, 0.29) is 17.7 Å². The van der Waals surface area contributed by atoms with Crippen molar-refractivity contribution >= 4 is 17.3 Å². The van der Waals surface area contributed by atoms with E-state index in [1.54, 1.807) is 7.05 Å². The highest BCUT2D eigenvalue weighted by atomic mass is 16.6. The van der Waals surface area contributed by atoms with Crippen molar-refractivity contribution in [1.29, 1.82) is 0 Å². The van der Waals surface area contributed by atoms with Gasteiger partial charge in [0, 0.05) is 25.2 Å². The lowest BCUT2D eigenvalue weighted by Crippen LogP contribution is -2.39. The second kappa shape index (κ2) is 7.00. The number of hydrogen-bond donors (Lipinski definition) is 2. The normalized spacial score (nSPS) is 18.0. The van der Waals surface area contributed by atoms with E-state index in [1.165, 1.54) is 18.2 Å². The number of hydrogen-bond acceptors (Lipinski definition) is 6. The summed E-state index contributed by atoms with van der Waals surface area (Å²) in [4.78, 5) is 22.4. The molecule has 1 atom stereocenters. The van der Waals surface area contributed by atoms with E-state index in [0.29, 0.717) is 37.6 Å². The van der Waals surface area contributed by atoms with E-state index in [4.69, 9.17) is 9.47 Å². The largest absolute Gasteiger partial charge is 0.383 e. The maximum Gasteiger partial charge on any atom is 0.292 e. The number of nitrogens with zero attached hydrogens (tertiary/aromatic N) is 1. The molecule has 1 fully saturated rings. The van der Waals surface area contributed by atoms with Gasteiger partial charge in [-0.3, -0.25) is 14.9 Å². The Morgan fingerprint density at radius 1 is 1.48 bits per heavy atom. The molecule has 8 nitrogen and oxygen atoms in total. The minimum absolute atomic E-state index is 0.0712. The van der Waals surface area contributed by atoms with Gasteiger partial charge in [0.05, 0.1) is 30.8 Å². The van der Waals surface area contributed by atoms with Gasteiger partial charge >= 0.3 is 0 Å². The zero-order chi connectivity index (χ0) is 15.2. The first-order valence-corrected chi connectivity index (χ1v) is 6.55. The molecule has 0 bridgehead atoms. The third-order valence-corrected chi connectivity index (χ3v) is 3.10. The Kier molecular flexibility index (Phi) is 5.07. The Balaban J connectivity index is 2.00. The van der Waals surface area contributed by atoms with Gasteiger partial charge in [0.2, 0.25) is 0 Å². The molecule has 1 aliphatic rings. The first-order valence-electron chi connectivity index (χ1n) is 6.55. The van der Waals surface area contributed by atoms with Gasteiger partial charge in [0.25, 0.3) is 11.6 Å². The van der Waals surface area contributed by atoms with Crippen LogP contribution in [0.2, 0.25) is 0 Å². The van der Waals surface area contributed by atoms with Crippen molar-refractivity contribution in [2.45, 2.75) is 6.10 Å². The van der Waals surface area contributed by atoms with Crippen LogP contribution in [0.4, 0.5) is 11.4 Å². The predicted octanol–water partition coefficient (Wildman–Crippen LogP) is 0.782. The number of carbonyl (C=O) groups excluding carboxylic acids is 1. The number of anilines is 1. The molecule has 1 amide bonds. The van der Waals surface area contributed by atoms with Crippen LogP contribution >= 0.6 is 0 Å². The van der Waals surface area contributed by atoms with Gasteiger partial charge in [0.15, 0.2) is 0 Å². The highest BCUT2D eigenvalue weighted by Crippen LogP contribution is 2.24. The molecule has 1 aromatic rings. The lowest BCUT2D eigenvalue weighted by molar-refractivity contribution is -0.383. The van der Waals surface area contributed by atoms with Crippen molar-refractivity contribution in [2.24, 2.45) is 0 Å².